The minimum Gasteiger partial charge on any atom is -0.481 e. The Morgan fingerprint density at radius 2 is 1.81 bits per heavy atom. The van der Waals surface area contributed by atoms with E-state index in [0.717, 1.165) is 17.0 Å². The van der Waals surface area contributed by atoms with Gasteiger partial charge in [-0.25, -0.2) is 18.0 Å². The van der Waals surface area contributed by atoms with E-state index in [1.165, 1.54) is 6.07 Å². The number of hydrogen-bond donors (Lipinski definition) is 0. The number of ether oxygens (including phenoxy) is 1. The molecule has 4 rings (SSSR count). The highest BCUT2D eigenvalue weighted by Gasteiger charge is 2.30. The van der Waals surface area contributed by atoms with Crippen LogP contribution in [0, 0.1) is 24.4 Å². The molecule has 0 bridgehead atoms. The first-order chi connectivity index (χ1) is 12.3. The van der Waals surface area contributed by atoms with Crippen molar-refractivity contribution in [2.45, 2.75) is 19.4 Å². The first-order valence-electron chi connectivity index (χ1n) is 7.90. The third kappa shape index (κ3) is 2.49. The molecule has 26 heavy (non-hydrogen) atoms. The molecule has 3 aromatic rings. The molecule has 132 valence electrons. The van der Waals surface area contributed by atoms with Crippen LogP contribution in [-0.4, -0.2) is 0 Å². The van der Waals surface area contributed by atoms with Gasteiger partial charge in [-0.2, -0.15) is 0 Å². The fourth-order valence-electron chi connectivity index (χ4n) is 3.25. The van der Waals surface area contributed by atoms with E-state index in [1.54, 1.807) is 19.1 Å². The summed E-state index contributed by atoms with van der Waals surface area (Å²) in [6.07, 6.45) is -0.714. The van der Waals surface area contributed by atoms with Crippen molar-refractivity contribution in [1.29, 1.82) is 0 Å². The van der Waals surface area contributed by atoms with Crippen LogP contribution in [0.4, 0.5) is 13.2 Å². The van der Waals surface area contributed by atoms with E-state index in [-0.39, 0.29) is 12.0 Å². The maximum absolute atomic E-state index is 14.1. The Balaban J connectivity index is 1.85. The highest BCUT2D eigenvalue weighted by Crippen LogP contribution is 2.41. The lowest BCUT2D eigenvalue weighted by Crippen LogP contribution is -2.20. The van der Waals surface area contributed by atoms with Crippen molar-refractivity contribution in [2.75, 3.05) is 0 Å². The molecule has 0 amide bonds. The molecule has 0 saturated carbocycles. The van der Waals surface area contributed by atoms with Gasteiger partial charge in [0.15, 0.2) is 11.6 Å². The fourth-order valence-corrected chi connectivity index (χ4v) is 3.25. The molecule has 6 heteroatoms. The Morgan fingerprint density at radius 1 is 1.08 bits per heavy atom. The van der Waals surface area contributed by atoms with Gasteiger partial charge in [-0.15, -0.1) is 0 Å². The number of hydrogen-bond acceptors (Lipinski definition) is 3. The lowest BCUT2D eigenvalue weighted by molar-refractivity contribution is 0.219. The molecule has 2 aromatic carbocycles. The zero-order chi connectivity index (χ0) is 18.6. The van der Waals surface area contributed by atoms with Crippen LogP contribution >= 0.6 is 0 Å². The van der Waals surface area contributed by atoms with Crippen molar-refractivity contribution in [2.24, 2.45) is 0 Å². The van der Waals surface area contributed by atoms with Gasteiger partial charge in [-0.1, -0.05) is 6.58 Å². The molecule has 3 nitrogen and oxygen atoms in total. The predicted octanol–water partition coefficient (Wildman–Crippen LogP) is 4.75. The molecular formula is C20H13F3O3. The average molecular weight is 358 g/mol. The standard InChI is InChI=1S/C20H13F3O3/c1-9-6-18(24)26-20-11(9)3-4-17-13(20)5-10(2)19(25-17)12-7-15(22)16(23)8-14(12)21/h3-4,6-8,19H,2,5H2,1H3/t19-/m0/s1. The van der Waals surface area contributed by atoms with Crippen molar-refractivity contribution in [1.82, 2.24) is 0 Å². The van der Waals surface area contributed by atoms with E-state index >= 15 is 0 Å². The van der Waals surface area contributed by atoms with Crippen LogP contribution in [0.3, 0.4) is 0 Å². The number of halogens is 3. The minimum atomic E-state index is -1.27. The predicted molar refractivity (Wildman–Crippen MR) is 89.8 cm³/mol. The Bertz CT molecular complexity index is 1130. The molecule has 0 saturated heterocycles. The van der Waals surface area contributed by atoms with Crippen LogP contribution in [0.5, 0.6) is 5.75 Å². The number of fused-ring (bicyclic) bond motifs is 3. The van der Waals surface area contributed by atoms with E-state index in [0.29, 0.717) is 28.5 Å². The topological polar surface area (TPSA) is 39.4 Å². The molecule has 1 aromatic heterocycles. The van der Waals surface area contributed by atoms with E-state index in [9.17, 15) is 18.0 Å². The van der Waals surface area contributed by atoms with Gasteiger partial charge in [-0.3, -0.25) is 0 Å². The Labute approximate surface area is 146 Å². The molecule has 0 N–H and O–H groups in total. The van der Waals surface area contributed by atoms with Crippen LogP contribution in [0.15, 0.2) is 51.7 Å². The van der Waals surface area contributed by atoms with Crippen LogP contribution in [0.2, 0.25) is 0 Å². The van der Waals surface area contributed by atoms with Crippen LogP contribution in [0.25, 0.3) is 11.0 Å². The second-order valence-electron chi connectivity index (χ2n) is 6.29. The average Bonchev–Trinajstić information content (AvgIpc) is 2.58. The van der Waals surface area contributed by atoms with Crippen LogP contribution < -0.4 is 10.4 Å². The fraction of sp³-hybridized carbons (Fsp3) is 0.150. The van der Waals surface area contributed by atoms with Gasteiger partial charge in [0.05, 0.1) is 0 Å². The molecule has 0 spiro atoms. The number of benzene rings is 2. The van der Waals surface area contributed by atoms with Crippen molar-refractivity contribution < 1.29 is 22.3 Å². The van der Waals surface area contributed by atoms with E-state index in [4.69, 9.17) is 9.15 Å². The summed E-state index contributed by atoms with van der Waals surface area (Å²) in [5.74, 6) is -2.96. The molecule has 1 aliphatic heterocycles. The van der Waals surface area contributed by atoms with Crippen molar-refractivity contribution in [3.8, 4) is 5.75 Å². The third-order valence-corrected chi connectivity index (χ3v) is 4.52. The molecule has 0 fully saturated rings. The normalized spacial score (nSPS) is 16.5. The van der Waals surface area contributed by atoms with E-state index < -0.39 is 29.2 Å². The first-order valence-corrected chi connectivity index (χ1v) is 7.90. The van der Waals surface area contributed by atoms with Gasteiger partial charge in [0.25, 0.3) is 0 Å². The number of rotatable bonds is 1. The van der Waals surface area contributed by atoms with Crippen molar-refractivity contribution >= 4 is 11.0 Å². The maximum Gasteiger partial charge on any atom is 0.336 e. The summed E-state index contributed by atoms with van der Waals surface area (Å²) < 4.78 is 52.0. The molecule has 0 aliphatic carbocycles. The first kappa shape index (κ1) is 16.4. The zero-order valence-electron chi connectivity index (χ0n) is 13.7. The Morgan fingerprint density at radius 3 is 2.58 bits per heavy atom. The van der Waals surface area contributed by atoms with Gasteiger partial charge in [-0.05, 0) is 36.3 Å². The number of aryl methyl sites for hydroxylation is 1. The largest absolute Gasteiger partial charge is 0.481 e. The zero-order valence-corrected chi connectivity index (χ0v) is 13.7. The summed E-state index contributed by atoms with van der Waals surface area (Å²) in [5, 5.41) is 0.761. The van der Waals surface area contributed by atoms with Crippen LogP contribution in [0.1, 0.15) is 22.8 Å². The molecular weight excluding hydrogens is 345 g/mol. The van der Waals surface area contributed by atoms with E-state index in [1.807, 2.05) is 0 Å². The minimum absolute atomic E-state index is 0.134. The van der Waals surface area contributed by atoms with Gasteiger partial charge in [0.1, 0.15) is 23.3 Å². The summed E-state index contributed by atoms with van der Waals surface area (Å²) in [5.41, 5.74) is 1.59. The van der Waals surface area contributed by atoms with Crippen LogP contribution in [-0.2, 0) is 6.42 Å². The highest BCUT2D eigenvalue weighted by atomic mass is 19.2. The van der Waals surface area contributed by atoms with Gasteiger partial charge < -0.3 is 9.15 Å². The second kappa shape index (κ2) is 5.76. The molecule has 1 atom stereocenters. The summed E-state index contributed by atoms with van der Waals surface area (Å²) in [7, 11) is 0. The van der Waals surface area contributed by atoms with Crippen molar-refractivity contribution in [3.63, 3.8) is 0 Å². The molecule has 1 aliphatic rings. The lowest BCUT2D eigenvalue weighted by Gasteiger charge is -2.29. The SMILES string of the molecule is C=C1Cc2c(ccc3c(C)cc(=O)oc23)O[C@@H]1c1cc(F)c(F)cc1F. The quantitative estimate of drug-likeness (QED) is 0.358. The molecule has 0 unspecified atom stereocenters. The lowest BCUT2D eigenvalue weighted by atomic mass is 9.91. The summed E-state index contributed by atoms with van der Waals surface area (Å²) in [4.78, 5) is 11.7. The molecule has 2 heterocycles. The van der Waals surface area contributed by atoms with E-state index in [2.05, 4.69) is 6.58 Å². The summed E-state index contributed by atoms with van der Waals surface area (Å²) >= 11 is 0. The maximum atomic E-state index is 14.1. The molecule has 0 radical (unpaired) electrons. The second-order valence-corrected chi connectivity index (χ2v) is 6.29. The smallest absolute Gasteiger partial charge is 0.336 e. The summed E-state index contributed by atoms with van der Waals surface area (Å²) in [6.45, 7) is 5.68. The van der Waals surface area contributed by atoms with Gasteiger partial charge >= 0.3 is 5.63 Å². The Hall–Kier alpha value is -3.02. The third-order valence-electron chi connectivity index (χ3n) is 4.52. The monoisotopic (exact) mass is 358 g/mol. The highest BCUT2D eigenvalue weighted by molar-refractivity contribution is 5.85. The van der Waals surface area contributed by atoms with Crippen molar-refractivity contribution in [3.05, 3.63) is 87.0 Å². The van der Waals surface area contributed by atoms with Gasteiger partial charge in [0, 0.05) is 35.1 Å². The Kier molecular flexibility index (Phi) is 3.64. The van der Waals surface area contributed by atoms with Gasteiger partial charge in [0.2, 0.25) is 0 Å². The summed E-state index contributed by atoms with van der Waals surface area (Å²) in [6, 6.07) is 6.07.